The van der Waals surface area contributed by atoms with Gasteiger partial charge in [0.05, 0.1) is 22.1 Å². The van der Waals surface area contributed by atoms with E-state index in [0.29, 0.717) is 12.5 Å². The van der Waals surface area contributed by atoms with E-state index in [4.69, 9.17) is 21.1 Å². The average Bonchev–Trinajstić information content (AvgIpc) is 2.73. The van der Waals surface area contributed by atoms with Crippen molar-refractivity contribution in [2.75, 3.05) is 6.61 Å². The van der Waals surface area contributed by atoms with Crippen LogP contribution in [0.3, 0.4) is 0 Å². The van der Waals surface area contributed by atoms with Crippen molar-refractivity contribution >= 4 is 23.3 Å². The molecule has 0 N–H and O–H groups in total. The number of benzene rings is 2. The highest BCUT2D eigenvalue weighted by atomic mass is 35.5. The Morgan fingerprint density at radius 2 is 1.75 bits per heavy atom. The number of halogens is 4. The minimum Gasteiger partial charge on any atom is -0.462 e. The van der Waals surface area contributed by atoms with Crippen LogP contribution in [0.4, 0.5) is 18.9 Å². The van der Waals surface area contributed by atoms with Crippen LogP contribution in [0.1, 0.15) is 61.4 Å². The molecule has 0 aromatic heterocycles. The summed E-state index contributed by atoms with van der Waals surface area (Å²) in [6.07, 6.45) is 1.33. The van der Waals surface area contributed by atoms with Gasteiger partial charge in [-0.2, -0.15) is 13.2 Å². The molecule has 0 heterocycles. The lowest BCUT2D eigenvalue weighted by molar-refractivity contribution is -0.385. The first kappa shape index (κ1) is 25.5. The predicted molar refractivity (Wildman–Crippen MR) is 113 cm³/mol. The molecule has 0 bridgehead atoms. The number of esters is 1. The van der Waals surface area contributed by atoms with Crippen molar-refractivity contribution in [1.82, 2.24) is 0 Å². The van der Waals surface area contributed by atoms with Crippen LogP contribution in [0.25, 0.3) is 0 Å². The van der Waals surface area contributed by atoms with E-state index in [0.717, 1.165) is 56.4 Å². The Hall–Kier alpha value is -2.81. The third-order valence-electron chi connectivity index (χ3n) is 4.60. The summed E-state index contributed by atoms with van der Waals surface area (Å²) < 4.78 is 48.9. The number of rotatable bonds is 11. The summed E-state index contributed by atoms with van der Waals surface area (Å²) in [5.74, 6) is -0.988. The van der Waals surface area contributed by atoms with Gasteiger partial charge in [0.1, 0.15) is 17.1 Å². The minimum atomic E-state index is -4.57. The Balaban J connectivity index is 2.10. The Kier molecular flexibility index (Phi) is 9.31. The second-order valence-electron chi connectivity index (χ2n) is 7.08. The molecule has 0 atom stereocenters. The predicted octanol–water partition coefficient (Wildman–Crippen LogP) is 7.58. The lowest BCUT2D eigenvalue weighted by Crippen LogP contribution is -2.09. The molecule has 0 fully saturated rings. The monoisotopic (exact) mass is 473 g/mol. The van der Waals surface area contributed by atoms with Crippen molar-refractivity contribution in [2.45, 2.75) is 51.6 Å². The number of nitro groups is 1. The number of nitrogens with zero attached hydrogens (tertiary/aromatic N) is 1. The van der Waals surface area contributed by atoms with Gasteiger partial charge in [0.2, 0.25) is 0 Å². The highest BCUT2D eigenvalue weighted by Gasteiger charge is 2.31. The molecule has 2 aromatic rings. The van der Waals surface area contributed by atoms with E-state index in [1.54, 1.807) is 0 Å². The maximum atomic E-state index is 12.8. The van der Waals surface area contributed by atoms with E-state index in [1.807, 2.05) is 0 Å². The molecule has 0 saturated carbocycles. The highest BCUT2D eigenvalue weighted by molar-refractivity contribution is 6.32. The fraction of sp³-hybridized carbons (Fsp3) is 0.409. The van der Waals surface area contributed by atoms with E-state index < -0.39 is 28.3 Å². The fourth-order valence-electron chi connectivity index (χ4n) is 2.91. The number of carbonyl (C=O) groups excluding carboxylic acids is 1. The van der Waals surface area contributed by atoms with Gasteiger partial charge in [0.25, 0.3) is 5.69 Å². The summed E-state index contributed by atoms with van der Waals surface area (Å²) in [5.41, 5.74) is -1.73. The molecule has 0 radical (unpaired) electrons. The molecule has 0 aliphatic rings. The van der Waals surface area contributed by atoms with Gasteiger partial charge in [-0.1, -0.05) is 50.6 Å². The first-order chi connectivity index (χ1) is 15.1. The van der Waals surface area contributed by atoms with Crippen LogP contribution in [0.15, 0.2) is 36.4 Å². The zero-order valence-electron chi connectivity index (χ0n) is 17.4. The largest absolute Gasteiger partial charge is 0.462 e. The normalized spacial score (nSPS) is 11.3. The molecule has 10 heteroatoms. The van der Waals surface area contributed by atoms with Crippen molar-refractivity contribution in [3.05, 3.63) is 62.7 Å². The van der Waals surface area contributed by atoms with E-state index in [1.165, 1.54) is 6.07 Å². The lowest BCUT2D eigenvalue weighted by atomic mass is 10.1. The summed E-state index contributed by atoms with van der Waals surface area (Å²) in [5, 5.41) is 11.0. The van der Waals surface area contributed by atoms with Gasteiger partial charge < -0.3 is 9.47 Å². The fourth-order valence-corrected chi connectivity index (χ4v) is 3.13. The van der Waals surface area contributed by atoms with Crippen LogP contribution in [-0.2, 0) is 10.9 Å². The summed E-state index contributed by atoms with van der Waals surface area (Å²) in [7, 11) is 0. The number of nitro benzene ring substituents is 1. The molecule has 174 valence electrons. The molecule has 0 amide bonds. The number of ether oxygens (including phenoxy) is 2. The smallest absolute Gasteiger partial charge is 0.416 e. The van der Waals surface area contributed by atoms with Crippen LogP contribution in [0.5, 0.6) is 11.5 Å². The second-order valence-corrected chi connectivity index (χ2v) is 7.49. The number of hydrogen-bond acceptors (Lipinski definition) is 5. The van der Waals surface area contributed by atoms with Crippen LogP contribution >= 0.6 is 11.6 Å². The van der Waals surface area contributed by atoms with Crippen molar-refractivity contribution in [2.24, 2.45) is 0 Å². The topological polar surface area (TPSA) is 78.7 Å². The zero-order valence-corrected chi connectivity index (χ0v) is 18.2. The third-order valence-corrected chi connectivity index (χ3v) is 4.90. The van der Waals surface area contributed by atoms with Crippen molar-refractivity contribution in [3.8, 4) is 11.5 Å². The zero-order chi connectivity index (χ0) is 23.7. The number of carbonyl (C=O) groups is 1. The first-order valence-electron chi connectivity index (χ1n) is 10.1. The molecule has 0 aliphatic heterocycles. The molecule has 32 heavy (non-hydrogen) atoms. The van der Waals surface area contributed by atoms with Crippen LogP contribution < -0.4 is 4.74 Å². The van der Waals surface area contributed by atoms with Gasteiger partial charge in [-0.3, -0.25) is 10.1 Å². The summed E-state index contributed by atoms with van der Waals surface area (Å²) >= 11 is 5.87. The van der Waals surface area contributed by atoms with Gasteiger partial charge in [0.15, 0.2) is 0 Å². The van der Waals surface area contributed by atoms with Gasteiger partial charge >= 0.3 is 12.1 Å². The standard InChI is InChI=1S/C22H23ClF3NO5/c1-2-3-4-5-6-7-12-31-21(28)17-14-16(9-10-19(17)27(29)30)32-20-11-8-15(13-18(20)23)22(24,25)26/h8-11,13-14H,2-7,12H2,1H3. The van der Waals surface area contributed by atoms with Gasteiger partial charge in [-0.15, -0.1) is 0 Å². The molecule has 2 aromatic carbocycles. The molecule has 2 rings (SSSR count). The first-order valence-corrected chi connectivity index (χ1v) is 10.5. The molecule has 0 spiro atoms. The van der Waals surface area contributed by atoms with Crippen molar-refractivity contribution < 1.29 is 32.4 Å². The maximum Gasteiger partial charge on any atom is 0.416 e. The van der Waals surface area contributed by atoms with Crippen LogP contribution in [0.2, 0.25) is 5.02 Å². The van der Waals surface area contributed by atoms with Crippen LogP contribution in [-0.4, -0.2) is 17.5 Å². The average molecular weight is 474 g/mol. The van der Waals surface area contributed by atoms with Gasteiger partial charge in [0, 0.05) is 12.1 Å². The van der Waals surface area contributed by atoms with Crippen molar-refractivity contribution in [1.29, 1.82) is 0 Å². The van der Waals surface area contributed by atoms with E-state index in [2.05, 4.69) is 6.92 Å². The molecular weight excluding hydrogens is 451 g/mol. The molecule has 0 saturated heterocycles. The molecule has 6 nitrogen and oxygen atoms in total. The van der Waals surface area contributed by atoms with E-state index >= 15 is 0 Å². The Morgan fingerprint density at radius 1 is 1.06 bits per heavy atom. The summed E-state index contributed by atoms with van der Waals surface area (Å²) in [6, 6.07) is 5.92. The van der Waals surface area contributed by atoms with Gasteiger partial charge in [-0.25, -0.2) is 4.79 Å². The second kappa shape index (κ2) is 11.7. The molecule has 0 aliphatic carbocycles. The Labute approximate surface area is 188 Å². The number of alkyl halides is 3. The molecular formula is C22H23ClF3NO5. The Morgan fingerprint density at radius 3 is 2.38 bits per heavy atom. The third kappa shape index (κ3) is 7.40. The summed E-state index contributed by atoms with van der Waals surface area (Å²) in [6.45, 7) is 2.23. The van der Waals surface area contributed by atoms with Crippen LogP contribution in [0, 0.1) is 10.1 Å². The quantitative estimate of drug-likeness (QED) is 0.145. The minimum absolute atomic E-state index is 0.0104. The Bertz CT molecular complexity index is 950. The van der Waals surface area contributed by atoms with Crippen molar-refractivity contribution in [3.63, 3.8) is 0 Å². The lowest BCUT2D eigenvalue weighted by Gasteiger charge is -2.12. The van der Waals surface area contributed by atoms with Gasteiger partial charge in [-0.05, 0) is 30.7 Å². The SMILES string of the molecule is CCCCCCCCOC(=O)c1cc(Oc2ccc(C(F)(F)F)cc2Cl)ccc1[N+](=O)[O-]. The van der Waals surface area contributed by atoms with E-state index in [-0.39, 0.29) is 28.7 Å². The number of hydrogen-bond donors (Lipinski definition) is 0. The van der Waals surface area contributed by atoms with E-state index in [9.17, 15) is 28.1 Å². The maximum absolute atomic E-state index is 12.8. The molecule has 0 unspecified atom stereocenters. The summed E-state index contributed by atoms with van der Waals surface area (Å²) in [4.78, 5) is 23.0. The highest BCUT2D eigenvalue weighted by Crippen LogP contribution is 2.37. The number of unbranched alkanes of at least 4 members (excludes halogenated alkanes) is 5.